The van der Waals surface area contributed by atoms with Crippen molar-refractivity contribution in [1.82, 2.24) is 20.0 Å². The number of thioether (sulfide) groups is 1. The molecule has 4 rings (SSSR count). The van der Waals surface area contributed by atoms with Crippen molar-refractivity contribution in [2.45, 2.75) is 38.3 Å². The van der Waals surface area contributed by atoms with E-state index < -0.39 is 0 Å². The molecule has 0 saturated heterocycles. The molecule has 2 aromatic heterocycles. The highest BCUT2D eigenvalue weighted by atomic mass is 32.2. The van der Waals surface area contributed by atoms with Gasteiger partial charge in [0.05, 0.1) is 22.8 Å². The molecule has 1 aromatic carbocycles. The van der Waals surface area contributed by atoms with E-state index in [-0.39, 0.29) is 30.0 Å². The Morgan fingerprint density at radius 2 is 2.00 bits per heavy atom. The van der Waals surface area contributed by atoms with Crippen LogP contribution in [0, 0.1) is 13.8 Å². The molecule has 1 N–H and O–H groups in total. The third-order valence-electron chi connectivity index (χ3n) is 4.82. The Balaban J connectivity index is 1.48. The topological polar surface area (TPSA) is 93.0 Å². The predicted molar refractivity (Wildman–Crippen MR) is 116 cm³/mol. The van der Waals surface area contributed by atoms with Crippen molar-refractivity contribution in [3.05, 3.63) is 53.9 Å². The SMILES string of the molecule is Cc1cc(C)n(-c2ccc(SCC(=O)N3c4ccccc4NC(=O)C[C@H]3C)nn2)n1. The van der Waals surface area contributed by atoms with Crippen molar-refractivity contribution in [2.75, 3.05) is 16.0 Å². The van der Waals surface area contributed by atoms with Crippen LogP contribution >= 0.6 is 11.8 Å². The van der Waals surface area contributed by atoms with Crippen LogP contribution in [0.5, 0.6) is 0 Å². The minimum atomic E-state index is -0.235. The number of nitrogens with one attached hydrogen (secondary N) is 1. The maximum Gasteiger partial charge on any atom is 0.237 e. The van der Waals surface area contributed by atoms with Gasteiger partial charge >= 0.3 is 0 Å². The van der Waals surface area contributed by atoms with Gasteiger partial charge in [-0.2, -0.15) is 5.10 Å². The molecule has 1 atom stereocenters. The summed E-state index contributed by atoms with van der Waals surface area (Å²) in [5.41, 5.74) is 3.26. The third kappa shape index (κ3) is 4.06. The fourth-order valence-electron chi connectivity index (χ4n) is 3.54. The lowest BCUT2D eigenvalue weighted by Crippen LogP contribution is -2.40. The van der Waals surface area contributed by atoms with Crippen LogP contribution in [0.25, 0.3) is 5.82 Å². The zero-order valence-electron chi connectivity index (χ0n) is 17.0. The van der Waals surface area contributed by atoms with Gasteiger partial charge in [0.1, 0.15) is 5.03 Å². The standard InChI is InChI=1S/C21H22N6O2S/c1-13-10-15(3)27(25-13)18-8-9-20(24-23-18)30-12-21(29)26-14(2)11-19(28)22-16-6-4-5-7-17(16)26/h4-10,14H,11-12H2,1-3H3,(H,22,28)/t14-/m1/s1. The Labute approximate surface area is 178 Å². The first-order valence-corrected chi connectivity index (χ1v) is 10.6. The lowest BCUT2D eigenvalue weighted by atomic mass is 10.2. The summed E-state index contributed by atoms with van der Waals surface area (Å²) in [4.78, 5) is 26.8. The highest BCUT2D eigenvalue weighted by molar-refractivity contribution is 7.99. The van der Waals surface area contributed by atoms with Crippen molar-refractivity contribution in [2.24, 2.45) is 0 Å². The largest absolute Gasteiger partial charge is 0.324 e. The molecular weight excluding hydrogens is 400 g/mol. The van der Waals surface area contributed by atoms with E-state index in [1.54, 1.807) is 9.58 Å². The number of anilines is 2. The molecule has 9 heteroatoms. The molecule has 1 aliphatic heterocycles. The van der Waals surface area contributed by atoms with Gasteiger partial charge in [0, 0.05) is 18.2 Å². The normalized spacial score (nSPS) is 16.0. The van der Waals surface area contributed by atoms with E-state index in [4.69, 9.17) is 0 Å². The highest BCUT2D eigenvalue weighted by Gasteiger charge is 2.29. The first-order chi connectivity index (χ1) is 14.4. The molecule has 8 nitrogen and oxygen atoms in total. The molecule has 154 valence electrons. The fourth-order valence-corrected chi connectivity index (χ4v) is 4.21. The Morgan fingerprint density at radius 3 is 2.70 bits per heavy atom. The highest BCUT2D eigenvalue weighted by Crippen LogP contribution is 2.32. The Hall–Kier alpha value is -3.20. The fraction of sp³-hybridized carbons (Fsp3) is 0.286. The molecule has 0 unspecified atom stereocenters. The summed E-state index contributed by atoms with van der Waals surface area (Å²) in [6.07, 6.45) is 0.252. The average Bonchev–Trinajstić information content (AvgIpc) is 2.99. The van der Waals surface area contributed by atoms with E-state index in [2.05, 4.69) is 20.6 Å². The summed E-state index contributed by atoms with van der Waals surface area (Å²) >= 11 is 1.32. The number of amides is 2. The monoisotopic (exact) mass is 422 g/mol. The Kier molecular flexibility index (Phi) is 5.54. The molecule has 0 aliphatic carbocycles. The minimum Gasteiger partial charge on any atom is -0.324 e. The minimum absolute atomic E-state index is 0.0825. The number of fused-ring (bicyclic) bond motifs is 1. The second-order valence-corrected chi connectivity index (χ2v) is 8.24. The number of carbonyl (C=O) groups is 2. The van der Waals surface area contributed by atoms with Gasteiger partial charge in [0.15, 0.2) is 5.82 Å². The summed E-state index contributed by atoms with van der Waals surface area (Å²) in [5.74, 6) is 0.654. The molecule has 3 heterocycles. The Morgan fingerprint density at radius 1 is 1.20 bits per heavy atom. The molecule has 0 radical (unpaired) electrons. The van der Waals surface area contributed by atoms with Crippen LogP contribution in [-0.4, -0.2) is 43.6 Å². The number of hydrogen-bond acceptors (Lipinski definition) is 6. The lowest BCUT2D eigenvalue weighted by Gasteiger charge is -2.27. The van der Waals surface area contributed by atoms with E-state index in [1.807, 2.05) is 63.2 Å². The van der Waals surface area contributed by atoms with Crippen LogP contribution in [0.2, 0.25) is 0 Å². The van der Waals surface area contributed by atoms with Gasteiger partial charge < -0.3 is 10.2 Å². The molecule has 1 aliphatic rings. The zero-order chi connectivity index (χ0) is 21.3. The van der Waals surface area contributed by atoms with Crippen LogP contribution in [0.3, 0.4) is 0 Å². The predicted octanol–water partition coefficient (Wildman–Crippen LogP) is 3.14. The molecule has 3 aromatic rings. The summed E-state index contributed by atoms with van der Waals surface area (Å²) in [7, 11) is 0. The van der Waals surface area contributed by atoms with Gasteiger partial charge in [0.2, 0.25) is 11.8 Å². The van der Waals surface area contributed by atoms with E-state index >= 15 is 0 Å². The molecule has 2 amide bonds. The van der Waals surface area contributed by atoms with E-state index in [9.17, 15) is 9.59 Å². The first-order valence-electron chi connectivity index (χ1n) is 9.63. The summed E-state index contributed by atoms with van der Waals surface area (Å²) in [6.45, 7) is 5.77. The number of rotatable bonds is 4. The van der Waals surface area contributed by atoms with Gasteiger partial charge in [-0.3, -0.25) is 9.59 Å². The summed E-state index contributed by atoms with van der Waals surface area (Å²) in [6, 6.07) is 12.8. The smallest absolute Gasteiger partial charge is 0.237 e. The zero-order valence-corrected chi connectivity index (χ0v) is 17.8. The average molecular weight is 423 g/mol. The Bertz CT molecular complexity index is 1100. The van der Waals surface area contributed by atoms with Crippen LogP contribution in [0.15, 0.2) is 47.5 Å². The van der Waals surface area contributed by atoms with Crippen LogP contribution < -0.4 is 10.2 Å². The van der Waals surface area contributed by atoms with Gasteiger partial charge in [-0.1, -0.05) is 23.9 Å². The molecule has 30 heavy (non-hydrogen) atoms. The molecule has 0 spiro atoms. The lowest BCUT2D eigenvalue weighted by molar-refractivity contribution is -0.117. The molecule has 0 saturated carbocycles. The third-order valence-corrected chi connectivity index (χ3v) is 5.73. The number of carbonyl (C=O) groups excluding carboxylic acids is 2. The van der Waals surface area contributed by atoms with E-state index in [0.717, 1.165) is 11.4 Å². The van der Waals surface area contributed by atoms with Crippen molar-refractivity contribution >= 4 is 35.0 Å². The van der Waals surface area contributed by atoms with Crippen molar-refractivity contribution in [3.63, 3.8) is 0 Å². The number of nitrogens with zero attached hydrogens (tertiary/aromatic N) is 5. The van der Waals surface area contributed by atoms with Gasteiger partial charge in [0.25, 0.3) is 0 Å². The molecule has 0 fully saturated rings. The number of aromatic nitrogens is 4. The number of benzene rings is 1. The number of hydrogen-bond donors (Lipinski definition) is 1. The maximum absolute atomic E-state index is 13.0. The van der Waals surface area contributed by atoms with Crippen LogP contribution in [0.1, 0.15) is 24.7 Å². The van der Waals surface area contributed by atoms with E-state index in [1.165, 1.54) is 11.8 Å². The maximum atomic E-state index is 13.0. The molecular formula is C21H22N6O2S. The van der Waals surface area contributed by atoms with E-state index in [0.29, 0.717) is 22.2 Å². The van der Waals surface area contributed by atoms with Crippen molar-refractivity contribution in [1.29, 1.82) is 0 Å². The van der Waals surface area contributed by atoms with Crippen molar-refractivity contribution in [3.8, 4) is 5.82 Å². The second kappa shape index (κ2) is 8.27. The van der Waals surface area contributed by atoms with Gasteiger partial charge in [-0.15, -0.1) is 10.2 Å². The van der Waals surface area contributed by atoms with Crippen molar-refractivity contribution < 1.29 is 9.59 Å². The second-order valence-electron chi connectivity index (χ2n) is 7.24. The summed E-state index contributed by atoms with van der Waals surface area (Å²) in [5, 5.41) is 16.4. The van der Waals surface area contributed by atoms with Gasteiger partial charge in [-0.05, 0) is 51.1 Å². The van der Waals surface area contributed by atoms with Crippen LogP contribution in [-0.2, 0) is 9.59 Å². The van der Waals surface area contributed by atoms with Crippen LogP contribution in [0.4, 0.5) is 11.4 Å². The van der Waals surface area contributed by atoms with Gasteiger partial charge in [-0.25, -0.2) is 4.68 Å². The quantitative estimate of drug-likeness (QED) is 0.650. The first kappa shape index (κ1) is 20.1. The number of aryl methyl sites for hydroxylation is 2. The number of para-hydroxylation sites is 2. The molecule has 0 bridgehead atoms. The summed E-state index contributed by atoms with van der Waals surface area (Å²) < 4.78 is 1.74.